The first-order chi connectivity index (χ1) is 9.82. The number of nitrogens with zero attached hydrogens (tertiary/aromatic N) is 1. The van der Waals surface area contributed by atoms with Gasteiger partial charge in [-0.05, 0) is 24.0 Å². The average Bonchev–Trinajstić information content (AvgIpc) is 2.65. The first-order valence-electron chi connectivity index (χ1n) is 7.95. The molecule has 0 spiro atoms. The van der Waals surface area contributed by atoms with Gasteiger partial charge >= 0.3 is 0 Å². The summed E-state index contributed by atoms with van der Waals surface area (Å²) in [5.41, 5.74) is 1.95. The van der Waals surface area contributed by atoms with Crippen molar-refractivity contribution < 1.29 is 9.84 Å². The summed E-state index contributed by atoms with van der Waals surface area (Å²) in [5, 5.41) is 11.5. The maximum Gasteiger partial charge on any atom is 0.112 e. The summed E-state index contributed by atoms with van der Waals surface area (Å²) in [4.78, 5) is 2.47. The van der Waals surface area contributed by atoms with Crippen LogP contribution < -0.4 is 0 Å². The number of benzene rings is 1. The van der Waals surface area contributed by atoms with Gasteiger partial charge in [0.1, 0.15) is 5.60 Å². The lowest BCUT2D eigenvalue weighted by atomic mass is 9.60. The highest BCUT2D eigenvalue weighted by Crippen LogP contribution is 2.57. The van der Waals surface area contributed by atoms with Gasteiger partial charge in [0, 0.05) is 25.0 Å². The van der Waals surface area contributed by atoms with Crippen LogP contribution in [-0.2, 0) is 10.3 Å². The lowest BCUT2D eigenvalue weighted by Gasteiger charge is -2.54. The molecule has 1 N–H and O–H groups in total. The third kappa shape index (κ3) is 1.70. The Kier molecular flexibility index (Phi) is 3.09. The SMILES string of the molecule is O[C@@]12c3ccccc3[C@@H]1CCCC[C@H]2N1CCOCC1. The van der Waals surface area contributed by atoms with Gasteiger partial charge in [-0.2, -0.15) is 0 Å². The van der Waals surface area contributed by atoms with E-state index in [1.54, 1.807) is 0 Å². The van der Waals surface area contributed by atoms with Gasteiger partial charge in [0.05, 0.1) is 13.2 Å². The van der Waals surface area contributed by atoms with Gasteiger partial charge in [0.2, 0.25) is 0 Å². The minimum absolute atomic E-state index is 0.272. The molecule has 1 saturated carbocycles. The zero-order chi connectivity index (χ0) is 13.6. The molecule has 2 aliphatic carbocycles. The van der Waals surface area contributed by atoms with E-state index in [2.05, 4.69) is 29.2 Å². The molecular weight excluding hydrogens is 250 g/mol. The van der Waals surface area contributed by atoms with Crippen LogP contribution in [0.3, 0.4) is 0 Å². The van der Waals surface area contributed by atoms with Gasteiger partial charge in [-0.3, -0.25) is 4.90 Å². The minimum atomic E-state index is -0.621. The summed E-state index contributed by atoms with van der Waals surface area (Å²) in [6.45, 7) is 3.53. The fraction of sp³-hybridized carbons (Fsp3) is 0.647. The predicted molar refractivity (Wildman–Crippen MR) is 77.7 cm³/mol. The van der Waals surface area contributed by atoms with Crippen LogP contribution in [0.2, 0.25) is 0 Å². The second-order valence-electron chi connectivity index (χ2n) is 6.41. The molecule has 108 valence electrons. The molecular formula is C17H23NO2. The molecule has 0 amide bonds. The minimum Gasteiger partial charge on any atom is -0.383 e. The van der Waals surface area contributed by atoms with E-state index >= 15 is 0 Å². The Labute approximate surface area is 120 Å². The molecule has 0 bridgehead atoms. The van der Waals surface area contributed by atoms with Crippen LogP contribution >= 0.6 is 0 Å². The van der Waals surface area contributed by atoms with Crippen LogP contribution in [0.4, 0.5) is 0 Å². The van der Waals surface area contributed by atoms with E-state index in [1.165, 1.54) is 24.0 Å². The first kappa shape index (κ1) is 12.8. The third-order valence-electron chi connectivity index (χ3n) is 5.51. The van der Waals surface area contributed by atoms with Gasteiger partial charge in [-0.1, -0.05) is 37.1 Å². The number of hydrogen-bond donors (Lipinski definition) is 1. The Morgan fingerprint density at radius 3 is 2.70 bits per heavy atom. The average molecular weight is 273 g/mol. The van der Waals surface area contributed by atoms with Crippen LogP contribution in [0, 0.1) is 0 Å². The number of fused-ring (bicyclic) bond motifs is 4. The van der Waals surface area contributed by atoms with Crippen molar-refractivity contribution in [2.45, 2.75) is 43.2 Å². The molecule has 3 nitrogen and oxygen atoms in total. The summed E-state index contributed by atoms with van der Waals surface area (Å²) in [6.07, 6.45) is 4.71. The van der Waals surface area contributed by atoms with E-state index in [0.29, 0.717) is 5.92 Å². The Balaban J connectivity index is 1.71. The zero-order valence-electron chi connectivity index (χ0n) is 11.9. The van der Waals surface area contributed by atoms with Crippen molar-refractivity contribution in [2.75, 3.05) is 26.3 Å². The second-order valence-corrected chi connectivity index (χ2v) is 6.41. The highest BCUT2D eigenvalue weighted by atomic mass is 16.5. The number of ether oxygens (including phenoxy) is 1. The van der Waals surface area contributed by atoms with E-state index < -0.39 is 5.60 Å². The maximum absolute atomic E-state index is 11.5. The molecule has 0 unspecified atom stereocenters. The predicted octanol–water partition coefficient (Wildman–Crippen LogP) is 2.25. The molecule has 1 aromatic rings. The number of morpholine rings is 1. The van der Waals surface area contributed by atoms with Crippen LogP contribution in [0.5, 0.6) is 0 Å². The molecule has 0 radical (unpaired) electrons. The van der Waals surface area contributed by atoms with Gasteiger partial charge in [0.25, 0.3) is 0 Å². The highest BCUT2D eigenvalue weighted by Gasteiger charge is 2.56. The first-order valence-corrected chi connectivity index (χ1v) is 7.95. The summed E-state index contributed by atoms with van der Waals surface area (Å²) in [5.74, 6) is 0.342. The molecule has 4 rings (SSSR count). The van der Waals surface area contributed by atoms with Crippen LogP contribution in [0.15, 0.2) is 24.3 Å². The fourth-order valence-corrected chi connectivity index (χ4v) is 4.56. The lowest BCUT2D eigenvalue weighted by molar-refractivity contribution is -0.112. The molecule has 2 fully saturated rings. The van der Waals surface area contributed by atoms with Crippen LogP contribution in [0.1, 0.15) is 42.7 Å². The van der Waals surface area contributed by atoms with Crippen molar-refractivity contribution in [3.8, 4) is 0 Å². The zero-order valence-corrected chi connectivity index (χ0v) is 11.9. The molecule has 3 heteroatoms. The summed E-state index contributed by atoms with van der Waals surface area (Å²) >= 11 is 0. The van der Waals surface area contributed by atoms with Crippen molar-refractivity contribution in [2.24, 2.45) is 0 Å². The highest BCUT2D eigenvalue weighted by molar-refractivity contribution is 5.49. The molecule has 1 heterocycles. The van der Waals surface area contributed by atoms with Crippen molar-refractivity contribution >= 4 is 0 Å². The van der Waals surface area contributed by atoms with E-state index in [-0.39, 0.29) is 6.04 Å². The van der Waals surface area contributed by atoms with Crippen molar-refractivity contribution in [1.29, 1.82) is 0 Å². The number of rotatable bonds is 1. The second kappa shape index (κ2) is 4.83. The molecule has 0 aromatic heterocycles. The maximum atomic E-state index is 11.5. The molecule has 1 aliphatic heterocycles. The smallest absolute Gasteiger partial charge is 0.112 e. The van der Waals surface area contributed by atoms with Crippen LogP contribution in [0.25, 0.3) is 0 Å². The van der Waals surface area contributed by atoms with Crippen LogP contribution in [-0.4, -0.2) is 42.4 Å². The summed E-state index contributed by atoms with van der Waals surface area (Å²) in [6, 6.07) is 8.77. The Morgan fingerprint density at radius 2 is 1.85 bits per heavy atom. The monoisotopic (exact) mass is 273 g/mol. The van der Waals surface area contributed by atoms with Crippen molar-refractivity contribution in [3.05, 3.63) is 35.4 Å². The van der Waals surface area contributed by atoms with E-state index in [1.807, 2.05) is 0 Å². The van der Waals surface area contributed by atoms with Gasteiger partial charge in [-0.25, -0.2) is 0 Å². The van der Waals surface area contributed by atoms with E-state index in [9.17, 15) is 5.11 Å². The number of hydrogen-bond acceptors (Lipinski definition) is 3. The lowest BCUT2D eigenvalue weighted by Crippen LogP contribution is -2.60. The fourth-order valence-electron chi connectivity index (χ4n) is 4.56. The van der Waals surface area contributed by atoms with E-state index in [4.69, 9.17) is 4.74 Å². The van der Waals surface area contributed by atoms with Gasteiger partial charge < -0.3 is 9.84 Å². The molecule has 1 saturated heterocycles. The summed E-state index contributed by atoms with van der Waals surface area (Å²) < 4.78 is 5.48. The Bertz CT molecular complexity index is 498. The Hall–Kier alpha value is -0.900. The molecule has 3 aliphatic rings. The number of aliphatic hydroxyl groups is 1. The van der Waals surface area contributed by atoms with Gasteiger partial charge in [-0.15, -0.1) is 0 Å². The quantitative estimate of drug-likeness (QED) is 0.852. The topological polar surface area (TPSA) is 32.7 Å². The molecule has 1 aromatic carbocycles. The van der Waals surface area contributed by atoms with Crippen molar-refractivity contribution in [3.63, 3.8) is 0 Å². The molecule has 20 heavy (non-hydrogen) atoms. The molecule has 3 atom stereocenters. The van der Waals surface area contributed by atoms with Crippen molar-refractivity contribution in [1.82, 2.24) is 4.90 Å². The summed E-state index contributed by atoms with van der Waals surface area (Å²) in [7, 11) is 0. The normalized spacial score (nSPS) is 37.5. The Morgan fingerprint density at radius 1 is 1.10 bits per heavy atom. The third-order valence-corrected chi connectivity index (χ3v) is 5.51. The largest absolute Gasteiger partial charge is 0.383 e. The standard InChI is InChI=1S/C17H23NO2/c19-17-14-6-2-1-5-13(14)15(17)7-3-4-8-16(17)18-9-11-20-12-10-18/h1-2,5-6,15-16,19H,3-4,7-12H2/t15-,16+,17-/m0/s1. The van der Waals surface area contributed by atoms with E-state index in [0.717, 1.165) is 39.1 Å². The van der Waals surface area contributed by atoms with Gasteiger partial charge in [0.15, 0.2) is 0 Å².